The average Bonchev–Trinajstić information content (AvgIpc) is 2.66. The number of carbonyl (C=O) groups is 1. The molecule has 0 aliphatic carbocycles. The third kappa shape index (κ3) is 3.36. The first kappa shape index (κ1) is 17.8. The van der Waals surface area contributed by atoms with Gasteiger partial charge >= 0.3 is 6.18 Å². The highest BCUT2D eigenvalue weighted by Gasteiger charge is 2.33. The zero-order chi connectivity index (χ0) is 19.9. The Morgan fingerprint density at radius 2 is 1.86 bits per heavy atom. The van der Waals surface area contributed by atoms with Crippen molar-refractivity contribution >= 4 is 33.7 Å². The van der Waals surface area contributed by atoms with Crippen molar-refractivity contribution in [2.24, 2.45) is 0 Å². The zero-order valence-electron chi connectivity index (χ0n) is 14.6. The molecule has 0 aliphatic heterocycles. The van der Waals surface area contributed by atoms with E-state index in [1.165, 1.54) is 6.07 Å². The standard InChI is InChI=1S/C20H13F3N4O/c1-11-9-16(20(21,22)23)25-18-14(11)5-7-17(26-18)27-19(28)13-4-6-15-12(10-13)3-2-8-24-15/h2-10H,1H3,(H,25,26,27,28). The van der Waals surface area contributed by atoms with Crippen LogP contribution in [0.1, 0.15) is 21.6 Å². The lowest BCUT2D eigenvalue weighted by atomic mass is 10.1. The van der Waals surface area contributed by atoms with E-state index in [1.54, 1.807) is 43.5 Å². The van der Waals surface area contributed by atoms with Crippen molar-refractivity contribution in [3.63, 3.8) is 0 Å². The number of alkyl halides is 3. The number of fused-ring (bicyclic) bond motifs is 2. The predicted octanol–water partition coefficient (Wildman–Crippen LogP) is 4.76. The van der Waals surface area contributed by atoms with Crippen LogP contribution >= 0.6 is 0 Å². The molecule has 0 saturated carbocycles. The molecule has 0 spiro atoms. The molecule has 3 heterocycles. The van der Waals surface area contributed by atoms with Crippen LogP contribution in [0.4, 0.5) is 19.0 Å². The number of nitrogens with zero attached hydrogens (tertiary/aromatic N) is 3. The fraction of sp³-hybridized carbons (Fsp3) is 0.100. The normalized spacial score (nSPS) is 11.7. The van der Waals surface area contributed by atoms with Crippen LogP contribution in [0.25, 0.3) is 21.9 Å². The highest BCUT2D eigenvalue weighted by molar-refractivity contribution is 6.06. The average molecular weight is 382 g/mol. The van der Waals surface area contributed by atoms with E-state index in [-0.39, 0.29) is 11.5 Å². The fourth-order valence-electron chi connectivity index (χ4n) is 2.89. The Bertz CT molecular complexity index is 1220. The molecule has 0 unspecified atom stereocenters. The van der Waals surface area contributed by atoms with Crippen LogP contribution in [0, 0.1) is 6.92 Å². The number of amides is 1. The number of rotatable bonds is 2. The summed E-state index contributed by atoms with van der Waals surface area (Å²) >= 11 is 0. The van der Waals surface area contributed by atoms with Crippen molar-refractivity contribution in [3.8, 4) is 0 Å². The van der Waals surface area contributed by atoms with Gasteiger partial charge in [-0.1, -0.05) is 6.07 Å². The van der Waals surface area contributed by atoms with Gasteiger partial charge in [0.1, 0.15) is 11.5 Å². The molecule has 0 radical (unpaired) electrons. The number of aryl methyl sites for hydroxylation is 1. The van der Waals surface area contributed by atoms with Gasteiger partial charge in [0.05, 0.1) is 5.52 Å². The number of hydrogen-bond donors (Lipinski definition) is 1. The summed E-state index contributed by atoms with van der Waals surface area (Å²) < 4.78 is 39.0. The topological polar surface area (TPSA) is 67.8 Å². The van der Waals surface area contributed by atoms with Gasteiger partial charge in [-0.3, -0.25) is 9.78 Å². The molecule has 0 saturated heterocycles. The molecule has 0 aliphatic rings. The third-order valence-electron chi connectivity index (χ3n) is 4.28. The summed E-state index contributed by atoms with van der Waals surface area (Å²) in [6.45, 7) is 1.56. The minimum atomic E-state index is -4.57. The van der Waals surface area contributed by atoms with Crippen molar-refractivity contribution in [1.82, 2.24) is 15.0 Å². The molecule has 3 aromatic heterocycles. The summed E-state index contributed by atoms with van der Waals surface area (Å²) in [5.74, 6) is -0.309. The lowest BCUT2D eigenvalue weighted by Gasteiger charge is -2.10. The van der Waals surface area contributed by atoms with Gasteiger partial charge in [0, 0.05) is 22.5 Å². The lowest BCUT2D eigenvalue weighted by molar-refractivity contribution is -0.141. The second-order valence-electron chi connectivity index (χ2n) is 6.25. The summed E-state index contributed by atoms with van der Waals surface area (Å²) in [6.07, 6.45) is -2.91. The summed E-state index contributed by atoms with van der Waals surface area (Å²) in [6, 6.07) is 12.7. The molecule has 1 N–H and O–H groups in total. The van der Waals surface area contributed by atoms with Gasteiger partial charge in [-0.05, 0) is 55.0 Å². The number of anilines is 1. The van der Waals surface area contributed by atoms with Crippen LogP contribution in [0.5, 0.6) is 0 Å². The van der Waals surface area contributed by atoms with Gasteiger partial charge < -0.3 is 5.32 Å². The maximum Gasteiger partial charge on any atom is 0.433 e. The van der Waals surface area contributed by atoms with Crippen molar-refractivity contribution in [2.75, 3.05) is 5.32 Å². The highest BCUT2D eigenvalue weighted by Crippen LogP contribution is 2.30. The van der Waals surface area contributed by atoms with Crippen molar-refractivity contribution in [3.05, 3.63) is 71.5 Å². The third-order valence-corrected chi connectivity index (χ3v) is 4.28. The number of halogens is 3. The van der Waals surface area contributed by atoms with E-state index in [2.05, 4.69) is 20.3 Å². The molecular formula is C20H13F3N4O. The first-order valence-electron chi connectivity index (χ1n) is 8.33. The number of pyridine rings is 3. The van der Waals surface area contributed by atoms with Gasteiger partial charge in [-0.25, -0.2) is 9.97 Å². The van der Waals surface area contributed by atoms with E-state index in [0.29, 0.717) is 16.5 Å². The predicted molar refractivity (Wildman–Crippen MR) is 99.0 cm³/mol. The molecule has 28 heavy (non-hydrogen) atoms. The molecule has 0 atom stereocenters. The lowest BCUT2D eigenvalue weighted by Crippen LogP contribution is -2.13. The van der Waals surface area contributed by atoms with E-state index in [4.69, 9.17) is 0 Å². The van der Waals surface area contributed by atoms with Crippen LogP contribution in [0.2, 0.25) is 0 Å². The Morgan fingerprint density at radius 3 is 2.64 bits per heavy atom. The molecule has 4 aromatic rings. The highest BCUT2D eigenvalue weighted by atomic mass is 19.4. The minimum Gasteiger partial charge on any atom is -0.306 e. The maximum absolute atomic E-state index is 13.0. The SMILES string of the molecule is Cc1cc(C(F)(F)F)nc2nc(NC(=O)c3ccc4ncccc4c3)ccc12. The van der Waals surface area contributed by atoms with E-state index in [1.807, 2.05) is 6.07 Å². The van der Waals surface area contributed by atoms with Gasteiger partial charge in [-0.15, -0.1) is 0 Å². The number of benzene rings is 1. The second-order valence-corrected chi connectivity index (χ2v) is 6.25. The van der Waals surface area contributed by atoms with Gasteiger partial charge in [0.2, 0.25) is 0 Å². The first-order valence-corrected chi connectivity index (χ1v) is 8.33. The van der Waals surface area contributed by atoms with Crippen LogP contribution in [0.3, 0.4) is 0 Å². The van der Waals surface area contributed by atoms with E-state index < -0.39 is 17.8 Å². The summed E-state index contributed by atoms with van der Waals surface area (Å²) in [5, 5.41) is 3.89. The quantitative estimate of drug-likeness (QED) is 0.543. The largest absolute Gasteiger partial charge is 0.433 e. The molecule has 8 heteroatoms. The smallest absolute Gasteiger partial charge is 0.306 e. The maximum atomic E-state index is 13.0. The Kier molecular flexibility index (Phi) is 4.18. The van der Waals surface area contributed by atoms with Crippen molar-refractivity contribution in [1.29, 1.82) is 0 Å². The van der Waals surface area contributed by atoms with Crippen molar-refractivity contribution < 1.29 is 18.0 Å². The number of carbonyl (C=O) groups excluding carboxylic acids is 1. The zero-order valence-corrected chi connectivity index (χ0v) is 14.6. The van der Waals surface area contributed by atoms with E-state index in [0.717, 1.165) is 17.0 Å². The second kappa shape index (κ2) is 6.56. The van der Waals surface area contributed by atoms with Crippen molar-refractivity contribution in [2.45, 2.75) is 13.1 Å². The van der Waals surface area contributed by atoms with Crippen LogP contribution < -0.4 is 5.32 Å². The minimum absolute atomic E-state index is 0.0761. The Balaban J connectivity index is 1.67. The molecule has 1 amide bonds. The number of hydrogen-bond acceptors (Lipinski definition) is 4. The molecule has 5 nitrogen and oxygen atoms in total. The fourth-order valence-corrected chi connectivity index (χ4v) is 2.89. The van der Waals surface area contributed by atoms with Crippen LogP contribution in [-0.4, -0.2) is 20.9 Å². The monoisotopic (exact) mass is 382 g/mol. The summed E-state index contributed by atoms with van der Waals surface area (Å²) in [7, 11) is 0. The van der Waals surface area contributed by atoms with Crippen LogP contribution in [0.15, 0.2) is 54.7 Å². The molecule has 140 valence electrons. The molecule has 0 fully saturated rings. The Labute approximate surface area is 157 Å². The number of nitrogens with one attached hydrogen (secondary N) is 1. The van der Waals surface area contributed by atoms with E-state index >= 15 is 0 Å². The van der Waals surface area contributed by atoms with Crippen LogP contribution in [-0.2, 0) is 6.18 Å². The van der Waals surface area contributed by atoms with Gasteiger partial charge in [0.15, 0.2) is 5.65 Å². The van der Waals surface area contributed by atoms with Gasteiger partial charge in [-0.2, -0.15) is 13.2 Å². The molecule has 1 aromatic carbocycles. The first-order chi connectivity index (χ1) is 13.3. The Morgan fingerprint density at radius 1 is 1.04 bits per heavy atom. The molecule has 4 rings (SSSR count). The van der Waals surface area contributed by atoms with E-state index in [9.17, 15) is 18.0 Å². The summed E-state index contributed by atoms with van der Waals surface area (Å²) in [5.41, 5.74) is 0.450. The molecular weight excluding hydrogens is 369 g/mol. The number of aromatic nitrogens is 3. The summed E-state index contributed by atoms with van der Waals surface area (Å²) in [4.78, 5) is 24.4. The molecule has 0 bridgehead atoms. The Hall–Kier alpha value is -3.55. The van der Waals surface area contributed by atoms with Gasteiger partial charge in [0.25, 0.3) is 5.91 Å².